The molecule has 2 aliphatic carbocycles. The minimum atomic E-state index is -4.59. The van der Waals surface area contributed by atoms with Crippen LogP contribution in [0, 0.1) is 0 Å². The van der Waals surface area contributed by atoms with E-state index < -0.39 is 23.8 Å². The number of carbonyl (C=O) groups is 1. The lowest BCUT2D eigenvalue weighted by Gasteiger charge is -2.24. The van der Waals surface area contributed by atoms with Crippen molar-refractivity contribution in [2.45, 2.75) is 69.2 Å². The molecule has 0 radical (unpaired) electrons. The standard InChI is InChI=1S/C29H28F3N3O3S/c30-29(31,32)20-8-3-7-18(13-20)24(36)26(38)35-12-4-9-22-21(15-35)25(37)34-27(33-22)28(10-11-28)23-14-19(16-39-23)17-5-1-2-6-17/h3,5,7-8,13-14,16,24,36H,1-2,4,6,9-12,15H2,(H,33,34,37). The Labute approximate surface area is 227 Å². The molecule has 6 rings (SSSR count). The van der Waals surface area contributed by atoms with E-state index in [1.807, 2.05) is 0 Å². The molecule has 0 bridgehead atoms. The number of hydrogen-bond acceptors (Lipinski definition) is 5. The van der Waals surface area contributed by atoms with Crippen LogP contribution in [0.2, 0.25) is 0 Å². The zero-order valence-electron chi connectivity index (χ0n) is 21.2. The fourth-order valence-corrected chi connectivity index (χ4v) is 6.85. The smallest absolute Gasteiger partial charge is 0.378 e. The highest BCUT2D eigenvalue weighted by atomic mass is 32.1. The number of carbonyl (C=O) groups excluding carboxylic acids is 1. The number of allylic oxidation sites excluding steroid dienone is 2. The summed E-state index contributed by atoms with van der Waals surface area (Å²) in [6.07, 6.45) is 2.15. The van der Waals surface area contributed by atoms with Crippen LogP contribution in [0.1, 0.15) is 83.3 Å². The van der Waals surface area contributed by atoms with Gasteiger partial charge in [0, 0.05) is 11.4 Å². The average Bonchev–Trinajstić information content (AvgIpc) is 3.34. The van der Waals surface area contributed by atoms with Crippen molar-refractivity contribution in [1.82, 2.24) is 14.9 Å². The van der Waals surface area contributed by atoms with Gasteiger partial charge in [0.25, 0.3) is 11.5 Å². The Bertz CT molecular complexity index is 1520. The molecule has 1 unspecified atom stereocenters. The number of alkyl halides is 3. The van der Waals surface area contributed by atoms with Gasteiger partial charge in [0.05, 0.1) is 28.8 Å². The molecule has 39 heavy (non-hydrogen) atoms. The number of aliphatic hydroxyl groups excluding tert-OH is 1. The normalized spacial score (nSPS) is 19.3. The number of nitrogens with one attached hydrogen (secondary N) is 1. The van der Waals surface area contributed by atoms with E-state index in [0.717, 1.165) is 43.9 Å². The molecule has 2 aromatic heterocycles. The van der Waals surface area contributed by atoms with E-state index in [4.69, 9.17) is 4.98 Å². The number of benzene rings is 1. The zero-order chi connectivity index (χ0) is 27.4. The minimum Gasteiger partial charge on any atom is -0.378 e. The van der Waals surface area contributed by atoms with E-state index in [1.165, 1.54) is 33.4 Å². The summed E-state index contributed by atoms with van der Waals surface area (Å²) in [4.78, 5) is 36.8. The lowest BCUT2D eigenvalue weighted by Crippen LogP contribution is -2.36. The summed E-state index contributed by atoms with van der Waals surface area (Å²) in [6, 6.07) is 6.36. The molecule has 10 heteroatoms. The van der Waals surface area contributed by atoms with Gasteiger partial charge in [-0.1, -0.05) is 18.2 Å². The number of aliphatic hydroxyl groups is 1. The Hall–Kier alpha value is -3.24. The van der Waals surface area contributed by atoms with Crippen molar-refractivity contribution in [3.8, 4) is 0 Å². The second-order valence-electron chi connectivity index (χ2n) is 10.6. The third kappa shape index (κ3) is 4.84. The third-order valence-corrected chi connectivity index (χ3v) is 9.19. The molecule has 1 atom stereocenters. The van der Waals surface area contributed by atoms with Gasteiger partial charge >= 0.3 is 6.18 Å². The monoisotopic (exact) mass is 555 g/mol. The highest BCUT2D eigenvalue weighted by Gasteiger charge is 2.50. The molecule has 3 aromatic rings. The first-order valence-corrected chi connectivity index (χ1v) is 14.1. The van der Waals surface area contributed by atoms with Crippen molar-refractivity contribution in [3.05, 3.63) is 90.8 Å². The van der Waals surface area contributed by atoms with E-state index in [2.05, 4.69) is 22.5 Å². The predicted octanol–water partition coefficient (Wildman–Crippen LogP) is 5.51. The quantitative estimate of drug-likeness (QED) is 0.435. The number of aryl methyl sites for hydroxylation is 1. The van der Waals surface area contributed by atoms with Crippen LogP contribution in [-0.4, -0.2) is 32.4 Å². The molecule has 1 amide bonds. The molecular weight excluding hydrogens is 527 g/mol. The number of fused-ring (bicyclic) bond motifs is 1. The molecule has 1 saturated carbocycles. The van der Waals surface area contributed by atoms with Crippen LogP contribution < -0.4 is 5.56 Å². The Kier molecular flexibility index (Phi) is 6.50. The maximum atomic E-state index is 13.3. The van der Waals surface area contributed by atoms with Gasteiger partial charge in [-0.15, -0.1) is 11.3 Å². The Balaban J connectivity index is 1.24. The molecule has 2 N–H and O–H groups in total. The van der Waals surface area contributed by atoms with Gasteiger partial charge in [-0.2, -0.15) is 13.2 Å². The molecule has 1 aromatic carbocycles. The van der Waals surface area contributed by atoms with Crippen LogP contribution in [0.15, 0.2) is 46.6 Å². The van der Waals surface area contributed by atoms with Gasteiger partial charge in [-0.3, -0.25) is 9.59 Å². The summed E-state index contributed by atoms with van der Waals surface area (Å²) in [5.74, 6) is -0.0829. The van der Waals surface area contributed by atoms with Crippen LogP contribution in [0.25, 0.3) is 5.57 Å². The number of thiophene rings is 1. The van der Waals surface area contributed by atoms with E-state index in [-0.39, 0.29) is 29.6 Å². The molecule has 3 aliphatic rings. The summed E-state index contributed by atoms with van der Waals surface area (Å²) in [7, 11) is 0. The van der Waals surface area contributed by atoms with Crippen LogP contribution in [-0.2, 0) is 29.4 Å². The number of amides is 1. The molecule has 6 nitrogen and oxygen atoms in total. The number of rotatable bonds is 5. The van der Waals surface area contributed by atoms with E-state index in [1.54, 1.807) is 11.3 Å². The first-order valence-electron chi connectivity index (χ1n) is 13.2. The Morgan fingerprint density at radius 3 is 2.72 bits per heavy atom. The molecule has 3 heterocycles. The van der Waals surface area contributed by atoms with Crippen molar-refractivity contribution in [3.63, 3.8) is 0 Å². The highest BCUT2D eigenvalue weighted by molar-refractivity contribution is 7.10. The summed E-state index contributed by atoms with van der Waals surface area (Å²) in [5, 5.41) is 12.8. The summed E-state index contributed by atoms with van der Waals surface area (Å²) >= 11 is 1.70. The first-order chi connectivity index (χ1) is 18.7. The zero-order valence-corrected chi connectivity index (χ0v) is 22.0. The van der Waals surface area contributed by atoms with Gasteiger partial charge in [0.15, 0.2) is 6.10 Å². The fourth-order valence-electron chi connectivity index (χ4n) is 5.65. The Morgan fingerprint density at radius 2 is 2.00 bits per heavy atom. The topological polar surface area (TPSA) is 86.3 Å². The second kappa shape index (κ2) is 9.75. The SMILES string of the molecule is O=C(C(O)c1cccc(C(F)(F)F)c1)N1CCCc2nc(C3(c4cc(C5=CCCC5)cs4)CC3)[nH]c(=O)c2C1. The Morgan fingerprint density at radius 1 is 1.18 bits per heavy atom. The van der Waals surface area contributed by atoms with Gasteiger partial charge in [0.1, 0.15) is 5.82 Å². The van der Waals surface area contributed by atoms with Crippen molar-refractivity contribution in [2.75, 3.05) is 6.54 Å². The number of H-pyrrole nitrogens is 1. The van der Waals surface area contributed by atoms with Crippen LogP contribution >= 0.6 is 11.3 Å². The van der Waals surface area contributed by atoms with E-state index in [9.17, 15) is 27.9 Å². The molecule has 1 fully saturated rings. The second-order valence-corrected chi connectivity index (χ2v) is 11.5. The van der Waals surface area contributed by atoms with E-state index in [0.29, 0.717) is 29.9 Å². The van der Waals surface area contributed by atoms with Crippen molar-refractivity contribution >= 4 is 22.8 Å². The van der Waals surface area contributed by atoms with Crippen molar-refractivity contribution < 1.29 is 23.1 Å². The number of aromatic amines is 1. The molecule has 0 spiro atoms. The van der Waals surface area contributed by atoms with Gasteiger partial charge in [0.2, 0.25) is 0 Å². The molecule has 204 valence electrons. The summed E-state index contributed by atoms with van der Waals surface area (Å²) in [6.45, 7) is 0.200. The summed E-state index contributed by atoms with van der Waals surface area (Å²) < 4.78 is 39.4. The molecule has 1 aliphatic heterocycles. The predicted molar refractivity (Wildman–Crippen MR) is 141 cm³/mol. The lowest BCUT2D eigenvalue weighted by atomic mass is 10.0. The minimum absolute atomic E-state index is 0.0584. The van der Waals surface area contributed by atoms with Crippen LogP contribution in [0.4, 0.5) is 13.2 Å². The maximum absolute atomic E-state index is 13.3. The lowest BCUT2D eigenvalue weighted by molar-refractivity contribution is -0.142. The van der Waals surface area contributed by atoms with Gasteiger partial charge in [-0.25, -0.2) is 4.98 Å². The van der Waals surface area contributed by atoms with Crippen molar-refractivity contribution in [2.24, 2.45) is 0 Å². The van der Waals surface area contributed by atoms with Crippen molar-refractivity contribution in [1.29, 1.82) is 0 Å². The molecular formula is C29H28F3N3O3S. The number of aromatic nitrogens is 2. The highest BCUT2D eigenvalue weighted by Crippen LogP contribution is 2.54. The third-order valence-electron chi connectivity index (χ3n) is 8.05. The number of hydrogen-bond donors (Lipinski definition) is 2. The fraction of sp³-hybridized carbons (Fsp3) is 0.414. The van der Waals surface area contributed by atoms with Gasteiger partial charge < -0.3 is 15.0 Å². The largest absolute Gasteiger partial charge is 0.416 e. The maximum Gasteiger partial charge on any atom is 0.416 e. The number of nitrogens with zero attached hydrogens (tertiary/aromatic N) is 2. The molecule has 0 saturated heterocycles. The van der Waals surface area contributed by atoms with E-state index >= 15 is 0 Å². The summed E-state index contributed by atoms with van der Waals surface area (Å²) in [5.41, 5.74) is 1.95. The van der Waals surface area contributed by atoms with Crippen LogP contribution in [0.3, 0.4) is 0 Å². The van der Waals surface area contributed by atoms with Gasteiger partial charge in [-0.05, 0) is 85.2 Å². The number of halogens is 3. The first kappa shape index (κ1) is 26.0. The average molecular weight is 556 g/mol. The van der Waals surface area contributed by atoms with Crippen LogP contribution in [0.5, 0.6) is 0 Å².